The van der Waals surface area contributed by atoms with Gasteiger partial charge in [0.2, 0.25) is 0 Å². The van der Waals surface area contributed by atoms with E-state index in [1.165, 1.54) is 6.07 Å². The van der Waals surface area contributed by atoms with Crippen molar-refractivity contribution in [2.75, 3.05) is 10.5 Å². The third-order valence-electron chi connectivity index (χ3n) is 2.64. The van der Waals surface area contributed by atoms with E-state index >= 15 is 0 Å². The van der Waals surface area contributed by atoms with E-state index in [1.807, 2.05) is 0 Å². The first-order chi connectivity index (χ1) is 9.72. The largest absolute Gasteiger partial charge is 0.385 e. The van der Waals surface area contributed by atoms with Gasteiger partial charge in [0, 0.05) is 6.07 Å². The minimum atomic E-state index is -3.99. The smallest absolute Gasteiger partial charge is 0.304 e. The number of halogens is 1. The number of nitro groups is 1. The number of nitrogen functional groups attached to an aromatic ring is 1. The van der Waals surface area contributed by atoms with Gasteiger partial charge in [0.05, 0.1) is 15.6 Å². The van der Waals surface area contributed by atoms with E-state index in [2.05, 4.69) is 4.72 Å². The molecule has 0 radical (unpaired) electrons. The van der Waals surface area contributed by atoms with Crippen LogP contribution in [0.2, 0.25) is 5.02 Å². The molecule has 0 saturated heterocycles. The predicted octanol–water partition coefficient (Wildman–Crippen LogP) is 3.00. The number of nitrogens with one attached hydrogen (secondary N) is 1. The fraction of sp³-hybridized carbons (Fsp3) is 0.0909. The molecule has 1 heterocycles. The van der Waals surface area contributed by atoms with E-state index in [1.54, 1.807) is 19.1 Å². The Bertz CT molecular complexity index is 797. The highest BCUT2D eigenvalue weighted by Gasteiger charge is 2.25. The van der Waals surface area contributed by atoms with Crippen molar-refractivity contribution >= 4 is 49.3 Å². The highest BCUT2D eigenvalue weighted by atomic mass is 35.5. The molecule has 7 nitrogen and oxygen atoms in total. The van der Waals surface area contributed by atoms with Gasteiger partial charge in [0.1, 0.15) is 4.21 Å². The predicted molar refractivity (Wildman–Crippen MR) is 82.4 cm³/mol. The lowest BCUT2D eigenvalue weighted by atomic mass is 10.2. The molecule has 0 spiro atoms. The molecular weight excluding hydrogens is 338 g/mol. The van der Waals surface area contributed by atoms with E-state index in [-0.39, 0.29) is 19.9 Å². The summed E-state index contributed by atoms with van der Waals surface area (Å²) in [5.41, 5.74) is 5.88. The number of hydrogen-bond acceptors (Lipinski definition) is 6. The Morgan fingerprint density at radius 3 is 2.62 bits per heavy atom. The van der Waals surface area contributed by atoms with Gasteiger partial charge in [-0.05, 0) is 18.6 Å². The van der Waals surface area contributed by atoms with Gasteiger partial charge in [-0.25, -0.2) is 8.42 Å². The van der Waals surface area contributed by atoms with E-state index < -0.39 is 20.6 Å². The van der Waals surface area contributed by atoms with Crippen LogP contribution in [0.4, 0.5) is 16.4 Å². The maximum Gasteiger partial charge on any atom is 0.304 e. The molecule has 1 aromatic carbocycles. The van der Waals surface area contributed by atoms with Crippen molar-refractivity contribution in [2.45, 2.75) is 11.1 Å². The second-order valence-corrected chi connectivity index (χ2v) is 7.51. The van der Waals surface area contributed by atoms with Crippen molar-refractivity contribution in [2.24, 2.45) is 0 Å². The number of hydrogen-bond donors (Lipinski definition) is 2. The Morgan fingerprint density at radius 2 is 2.10 bits per heavy atom. The quantitative estimate of drug-likeness (QED) is 0.651. The maximum absolute atomic E-state index is 12.3. The molecular formula is C11H10ClN3O4S2. The van der Waals surface area contributed by atoms with E-state index in [0.29, 0.717) is 16.9 Å². The number of rotatable bonds is 4. The number of nitrogens with zero attached hydrogens (tertiary/aromatic N) is 1. The van der Waals surface area contributed by atoms with Gasteiger partial charge < -0.3 is 5.73 Å². The Labute approximate surface area is 129 Å². The molecule has 0 atom stereocenters. The summed E-state index contributed by atoms with van der Waals surface area (Å²) in [7, 11) is -3.99. The molecule has 112 valence electrons. The summed E-state index contributed by atoms with van der Waals surface area (Å²) >= 11 is 6.58. The summed E-state index contributed by atoms with van der Waals surface area (Å²) in [5, 5.41) is 10.8. The lowest BCUT2D eigenvalue weighted by molar-refractivity contribution is -0.383. The minimum absolute atomic E-state index is 0.170. The van der Waals surface area contributed by atoms with E-state index in [9.17, 15) is 18.5 Å². The van der Waals surface area contributed by atoms with Crippen LogP contribution in [-0.4, -0.2) is 13.3 Å². The highest BCUT2D eigenvalue weighted by Crippen LogP contribution is 2.36. The number of para-hydroxylation sites is 1. The lowest BCUT2D eigenvalue weighted by Gasteiger charge is -2.10. The van der Waals surface area contributed by atoms with Crippen molar-refractivity contribution < 1.29 is 13.3 Å². The number of aryl methyl sites for hydroxylation is 1. The third-order valence-corrected chi connectivity index (χ3v) is 5.73. The molecule has 21 heavy (non-hydrogen) atoms. The number of nitrogens with two attached hydrogens (primary N) is 1. The van der Waals surface area contributed by atoms with E-state index in [0.717, 1.165) is 6.07 Å². The number of benzene rings is 1. The monoisotopic (exact) mass is 347 g/mol. The molecule has 0 fully saturated rings. The van der Waals surface area contributed by atoms with Crippen LogP contribution in [0, 0.1) is 17.0 Å². The molecule has 0 unspecified atom stereocenters. The summed E-state index contributed by atoms with van der Waals surface area (Å²) in [4.78, 5) is 9.99. The van der Waals surface area contributed by atoms with Crippen molar-refractivity contribution in [3.8, 4) is 0 Å². The first-order valence-corrected chi connectivity index (χ1v) is 8.22. The first-order valence-electron chi connectivity index (χ1n) is 5.54. The minimum Gasteiger partial charge on any atom is -0.385 e. The molecule has 0 aliphatic rings. The second kappa shape index (κ2) is 5.51. The second-order valence-electron chi connectivity index (χ2n) is 4.11. The average Bonchev–Trinajstić information content (AvgIpc) is 2.77. The third kappa shape index (κ3) is 3.09. The zero-order valence-electron chi connectivity index (χ0n) is 10.7. The van der Waals surface area contributed by atoms with Crippen LogP contribution in [-0.2, 0) is 10.0 Å². The number of anilines is 2. The van der Waals surface area contributed by atoms with Crippen LogP contribution in [0.3, 0.4) is 0 Å². The summed E-state index contributed by atoms with van der Waals surface area (Å²) in [5.74, 6) is 0. The molecule has 0 aliphatic heterocycles. The first kappa shape index (κ1) is 15.5. The molecule has 0 aliphatic carbocycles. The van der Waals surface area contributed by atoms with E-state index in [4.69, 9.17) is 17.3 Å². The zero-order chi connectivity index (χ0) is 15.8. The van der Waals surface area contributed by atoms with Crippen LogP contribution >= 0.6 is 22.9 Å². The van der Waals surface area contributed by atoms with Gasteiger partial charge in [0.15, 0.2) is 5.00 Å². The molecule has 2 aromatic rings. The SMILES string of the molecule is Cc1cccc(Cl)c1NS(=O)(=O)c1cc([N+](=O)[O-])c(N)s1. The molecule has 0 saturated carbocycles. The summed E-state index contributed by atoms with van der Waals surface area (Å²) < 4.78 is 26.6. The lowest BCUT2D eigenvalue weighted by Crippen LogP contribution is -2.12. The fourth-order valence-corrected chi connectivity index (χ4v) is 4.28. The average molecular weight is 348 g/mol. The Hall–Kier alpha value is -1.84. The Kier molecular flexibility index (Phi) is 4.08. The van der Waals surface area contributed by atoms with Gasteiger partial charge in [-0.1, -0.05) is 35.1 Å². The molecule has 2 rings (SSSR count). The normalized spacial score (nSPS) is 11.3. The van der Waals surface area contributed by atoms with Crippen molar-refractivity contribution in [3.63, 3.8) is 0 Å². The van der Waals surface area contributed by atoms with Gasteiger partial charge in [-0.2, -0.15) is 0 Å². The van der Waals surface area contributed by atoms with Crippen LogP contribution in [0.5, 0.6) is 0 Å². The van der Waals surface area contributed by atoms with Gasteiger partial charge in [-0.15, -0.1) is 0 Å². The summed E-state index contributed by atoms with van der Waals surface area (Å²) in [6, 6.07) is 5.84. The van der Waals surface area contributed by atoms with Crippen LogP contribution in [0.1, 0.15) is 5.56 Å². The number of sulfonamides is 1. The Balaban J connectivity index is 2.44. The van der Waals surface area contributed by atoms with Gasteiger partial charge in [-0.3, -0.25) is 14.8 Å². The Morgan fingerprint density at radius 1 is 1.43 bits per heavy atom. The summed E-state index contributed by atoms with van der Waals surface area (Å²) in [6.07, 6.45) is 0. The van der Waals surface area contributed by atoms with Crippen LogP contribution in [0.15, 0.2) is 28.5 Å². The fourth-order valence-electron chi connectivity index (χ4n) is 1.59. The van der Waals surface area contributed by atoms with Crippen molar-refractivity contribution in [1.29, 1.82) is 0 Å². The van der Waals surface area contributed by atoms with Crippen LogP contribution in [0.25, 0.3) is 0 Å². The maximum atomic E-state index is 12.3. The highest BCUT2D eigenvalue weighted by molar-refractivity contribution is 7.94. The molecule has 3 N–H and O–H groups in total. The zero-order valence-corrected chi connectivity index (χ0v) is 13.1. The van der Waals surface area contributed by atoms with Gasteiger partial charge in [0.25, 0.3) is 10.0 Å². The van der Waals surface area contributed by atoms with Crippen LogP contribution < -0.4 is 10.5 Å². The van der Waals surface area contributed by atoms with Gasteiger partial charge >= 0.3 is 5.69 Å². The number of thiophene rings is 1. The summed E-state index contributed by atoms with van der Waals surface area (Å²) in [6.45, 7) is 1.69. The standard InChI is InChI=1S/C11H10ClN3O4S2/c1-6-3-2-4-7(12)10(6)14-21(18,19)9-5-8(15(16)17)11(13)20-9/h2-5,14H,13H2,1H3. The molecule has 0 amide bonds. The van der Waals surface area contributed by atoms with Crippen molar-refractivity contribution in [3.05, 3.63) is 45.0 Å². The molecule has 0 bridgehead atoms. The molecule has 1 aromatic heterocycles. The van der Waals surface area contributed by atoms with Crippen molar-refractivity contribution in [1.82, 2.24) is 0 Å². The molecule has 10 heteroatoms. The topological polar surface area (TPSA) is 115 Å².